The predicted molar refractivity (Wildman–Crippen MR) is 51.2 cm³/mol. The molecular weight excluding hydrogens is 197 g/mol. The summed E-state index contributed by atoms with van der Waals surface area (Å²) < 4.78 is 14.9. The minimum atomic E-state index is -0.647. The minimum Gasteiger partial charge on any atom is -0.318 e. The summed E-state index contributed by atoms with van der Waals surface area (Å²) >= 11 is 0. The summed E-state index contributed by atoms with van der Waals surface area (Å²) in [5, 5.41) is 7.41. The first-order chi connectivity index (χ1) is 7.20. The van der Waals surface area contributed by atoms with E-state index >= 15 is 0 Å². The maximum absolute atomic E-state index is 13.4. The summed E-state index contributed by atoms with van der Waals surface area (Å²) in [6, 6.07) is 2.20. The van der Waals surface area contributed by atoms with E-state index in [1.165, 1.54) is 29.2 Å². The zero-order valence-corrected chi connectivity index (χ0v) is 8.13. The molecule has 2 heterocycles. The van der Waals surface area contributed by atoms with Gasteiger partial charge in [0.1, 0.15) is 5.82 Å². The van der Waals surface area contributed by atoms with E-state index in [1.807, 2.05) is 0 Å². The van der Waals surface area contributed by atoms with Crippen molar-refractivity contribution in [3.63, 3.8) is 0 Å². The monoisotopic (exact) mass is 207 g/mol. The van der Waals surface area contributed by atoms with Crippen molar-refractivity contribution in [1.82, 2.24) is 20.0 Å². The maximum Gasteiger partial charge on any atom is 0.146 e. The van der Waals surface area contributed by atoms with Gasteiger partial charge < -0.3 is 5.73 Å². The average Bonchev–Trinajstić information content (AvgIpc) is 2.64. The molecular formula is C9H10FN5. The first-order valence-electron chi connectivity index (χ1n) is 4.40. The van der Waals surface area contributed by atoms with Crippen molar-refractivity contribution in [2.45, 2.75) is 6.04 Å². The second kappa shape index (κ2) is 3.74. The van der Waals surface area contributed by atoms with Gasteiger partial charge in [-0.05, 0) is 12.1 Å². The number of hydrogen-bond acceptors (Lipinski definition) is 4. The number of aromatic nitrogens is 4. The van der Waals surface area contributed by atoms with Gasteiger partial charge in [0.25, 0.3) is 0 Å². The number of nitrogens with zero attached hydrogens (tertiary/aromatic N) is 4. The van der Waals surface area contributed by atoms with Crippen molar-refractivity contribution in [3.05, 3.63) is 41.7 Å². The van der Waals surface area contributed by atoms with Crippen LogP contribution in [0.3, 0.4) is 0 Å². The van der Waals surface area contributed by atoms with Gasteiger partial charge in [0.05, 0.1) is 23.6 Å². The lowest BCUT2D eigenvalue weighted by atomic mass is 10.1. The molecule has 0 radical (unpaired) electrons. The molecule has 0 bridgehead atoms. The number of halogens is 1. The Balaban J connectivity index is 2.41. The molecule has 0 spiro atoms. The van der Waals surface area contributed by atoms with Crippen LogP contribution >= 0.6 is 0 Å². The molecule has 6 heteroatoms. The maximum atomic E-state index is 13.4. The van der Waals surface area contributed by atoms with Crippen LogP contribution < -0.4 is 5.73 Å². The first kappa shape index (κ1) is 9.72. The van der Waals surface area contributed by atoms with Gasteiger partial charge in [-0.3, -0.25) is 9.67 Å². The minimum absolute atomic E-state index is 0.197. The Morgan fingerprint density at radius 1 is 1.53 bits per heavy atom. The Kier molecular flexibility index (Phi) is 2.42. The molecule has 1 atom stereocenters. The number of hydrogen-bond donors (Lipinski definition) is 1. The Morgan fingerprint density at radius 3 is 2.93 bits per heavy atom. The lowest BCUT2D eigenvalue weighted by Crippen LogP contribution is -2.18. The van der Waals surface area contributed by atoms with Crippen molar-refractivity contribution >= 4 is 0 Å². The zero-order chi connectivity index (χ0) is 10.8. The highest BCUT2D eigenvalue weighted by atomic mass is 19.1. The van der Waals surface area contributed by atoms with Gasteiger partial charge in [0.15, 0.2) is 0 Å². The van der Waals surface area contributed by atoms with Crippen LogP contribution in [-0.4, -0.2) is 20.0 Å². The molecule has 0 aliphatic carbocycles. The normalized spacial score (nSPS) is 12.7. The van der Waals surface area contributed by atoms with E-state index in [4.69, 9.17) is 5.73 Å². The van der Waals surface area contributed by atoms with Crippen LogP contribution in [0.1, 0.15) is 17.4 Å². The summed E-state index contributed by atoms with van der Waals surface area (Å²) in [4.78, 5) is 3.91. The second-order valence-corrected chi connectivity index (χ2v) is 3.13. The second-order valence-electron chi connectivity index (χ2n) is 3.13. The Bertz CT molecular complexity index is 467. The number of nitrogens with two attached hydrogens (primary N) is 1. The summed E-state index contributed by atoms with van der Waals surface area (Å²) in [5.74, 6) is -0.425. The standard InChI is InChI=1S/C9H10FN5/c1-15-7(5-13-14-15)8(11)9-6(10)3-2-4-12-9/h2-5,8H,11H2,1H3. The third-order valence-electron chi connectivity index (χ3n) is 2.15. The first-order valence-corrected chi connectivity index (χ1v) is 4.40. The lowest BCUT2D eigenvalue weighted by Gasteiger charge is -2.10. The van der Waals surface area contributed by atoms with Crippen LogP contribution in [-0.2, 0) is 7.05 Å². The van der Waals surface area contributed by atoms with Crippen molar-refractivity contribution in [2.24, 2.45) is 12.8 Å². The smallest absolute Gasteiger partial charge is 0.146 e. The van der Waals surface area contributed by atoms with E-state index < -0.39 is 11.9 Å². The van der Waals surface area contributed by atoms with E-state index in [1.54, 1.807) is 7.05 Å². The van der Waals surface area contributed by atoms with Gasteiger partial charge in [-0.1, -0.05) is 5.21 Å². The van der Waals surface area contributed by atoms with Gasteiger partial charge in [0.2, 0.25) is 0 Å². The largest absolute Gasteiger partial charge is 0.318 e. The predicted octanol–water partition coefficient (Wildman–Crippen LogP) is 0.397. The number of aryl methyl sites for hydroxylation is 1. The molecule has 0 saturated heterocycles. The van der Waals surface area contributed by atoms with Gasteiger partial charge in [-0.25, -0.2) is 4.39 Å². The molecule has 15 heavy (non-hydrogen) atoms. The SMILES string of the molecule is Cn1nncc1C(N)c1ncccc1F. The van der Waals surface area contributed by atoms with E-state index in [-0.39, 0.29) is 5.69 Å². The molecule has 2 rings (SSSR count). The Labute approximate surface area is 85.7 Å². The van der Waals surface area contributed by atoms with Crippen molar-refractivity contribution in [3.8, 4) is 0 Å². The lowest BCUT2D eigenvalue weighted by molar-refractivity contribution is 0.570. The van der Waals surface area contributed by atoms with E-state index in [0.717, 1.165) is 0 Å². The van der Waals surface area contributed by atoms with Crippen LogP contribution in [0.4, 0.5) is 4.39 Å². The van der Waals surface area contributed by atoms with Crippen LogP contribution in [0.5, 0.6) is 0 Å². The van der Waals surface area contributed by atoms with Crippen LogP contribution in [0.15, 0.2) is 24.5 Å². The molecule has 0 fully saturated rings. The number of rotatable bonds is 2. The molecule has 0 saturated carbocycles. The molecule has 2 aromatic rings. The van der Waals surface area contributed by atoms with E-state index in [9.17, 15) is 4.39 Å². The fraction of sp³-hybridized carbons (Fsp3) is 0.222. The van der Waals surface area contributed by atoms with Crippen LogP contribution in [0.25, 0.3) is 0 Å². The summed E-state index contributed by atoms with van der Waals surface area (Å²) in [6.07, 6.45) is 3.00. The molecule has 1 unspecified atom stereocenters. The molecule has 2 aromatic heterocycles. The molecule has 0 amide bonds. The highest BCUT2D eigenvalue weighted by Gasteiger charge is 2.17. The van der Waals surface area contributed by atoms with Crippen molar-refractivity contribution in [1.29, 1.82) is 0 Å². The fourth-order valence-corrected chi connectivity index (χ4v) is 1.35. The molecule has 0 aromatic carbocycles. The summed E-state index contributed by atoms with van der Waals surface area (Å²) in [7, 11) is 1.70. The molecule has 0 aliphatic rings. The average molecular weight is 207 g/mol. The Morgan fingerprint density at radius 2 is 2.33 bits per heavy atom. The van der Waals surface area contributed by atoms with Crippen LogP contribution in [0, 0.1) is 5.82 Å². The topological polar surface area (TPSA) is 69.6 Å². The molecule has 78 valence electrons. The summed E-state index contributed by atoms with van der Waals surface area (Å²) in [6.45, 7) is 0. The van der Waals surface area contributed by atoms with Gasteiger partial charge in [-0.2, -0.15) is 0 Å². The number of pyridine rings is 1. The quantitative estimate of drug-likeness (QED) is 0.773. The van der Waals surface area contributed by atoms with Gasteiger partial charge in [0, 0.05) is 13.2 Å². The van der Waals surface area contributed by atoms with Crippen molar-refractivity contribution in [2.75, 3.05) is 0 Å². The van der Waals surface area contributed by atoms with E-state index in [2.05, 4.69) is 15.3 Å². The Hall–Kier alpha value is -1.82. The fourth-order valence-electron chi connectivity index (χ4n) is 1.35. The molecule has 2 N–H and O–H groups in total. The van der Waals surface area contributed by atoms with Gasteiger partial charge >= 0.3 is 0 Å². The third kappa shape index (κ3) is 1.71. The van der Waals surface area contributed by atoms with Crippen molar-refractivity contribution < 1.29 is 4.39 Å². The molecule has 0 aliphatic heterocycles. The van der Waals surface area contributed by atoms with E-state index in [0.29, 0.717) is 5.69 Å². The third-order valence-corrected chi connectivity index (χ3v) is 2.15. The summed E-state index contributed by atoms with van der Waals surface area (Å²) in [5.41, 5.74) is 6.67. The van der Waals surface area contributed by atoms with Gasteiger partial charge in [-0.15, -0.1) is 5.10 Å². The van der Waals surface area contributed by atoms with Crippen LogP contribution in [0.2, 0.25) is 0 Å². The highest BCUT2D eigenvalue weighted by Crippen LogP contribution is 2.17. The zero-order valence-electron chi connectivity index (χ0n) is 8.13. The molecule has 5 nitrogen and oxygen atoms in total. The highest BCUT2D eigenvalue weighted by molar-refractivity contribution is 5.20.